The number of hydrogen-bond acceptors (Lipinski definition) is 4. The number of hydrogen-bond donors (Lipinski definition) is 0. The Labute approximate surface area is 142 Å². The molecule has 1 aliphatic rings. The second-order valence-electron chi connectivity index (χ2n) is 5.83. The molecule has 2 aromatic heterocycles. The van der Waals surface area contributed by atoms with Crippen LogP contribution in [0.2, 0.25) is 0 Å². The third kappa shape index (κ3) is 4.07. The van der Waals surface area contributed by atoms with Gasteiger partial charge in [-0.3, -0.25) is 9.78 Å². The van der Waals surface area contributed by atoms with E-state index in [2.05, 4.69) is 9.97 Å². The van der Waals surface area contributed by atoms with Crippen molar-refractivity contribution in [3.8, 4) is 5.88 Å². The summed E-state index contributed by atoms with van der Waals surface area (Å²) in [7, 11) is 0. The molecule has 1 amide bonds. The van der Waals surface area contributed by atoms with Gasteiger partial charge in [-0.05, 0) is 25.1 Å². The Hall–Kier alpha value is -2.64. The van der Waals surface area contributed by atoms with Crippen molar-refractivity contribution < 1.29 is 22.7 Å². The van der Waals surface area contributed by atoms with E-state index in [0.29, 0.717) is 25.4 Å². The number of pyridine rings is 2. The summed E-state index contributed by atoms with van der Waals surface area (Å²) in [5, 5.41) is 0. The number of aryl methyl sites for hydroxylation is 1. The van der Waals surface area contributed by atoms with Crippen LogP contribution < -0.4 is 4.74 Å². The fourth-order valence-electron chi connectivity index (χ4n) is 2.63. The predicted molar refractivity (Wildman–Crippen MR) is 83.1 cm³/mol. The highest BCUT2D eigenvalue weighted by molar-refractivity contribution is 5.94. The van der Waals surface area contributed by atoms with Gasteiger partial charge in [-0.1, -0.05) is 6.07 Å². The van der Waals surface area contributed by atoms with Crippen molar-refractivity contribution in [1.29, 1.82) is 0 Å². The van der Waals surface area contributed by atoms with Gasteiger partial charge in [0.05, 0.1) is 12.1 Å². The molecule has 25 heavy (non-hydrogen) atoms. The fraction of sp³-hybridized carbons (Fsp3) is 0.353. The molecule has 1 atom stereocenters. The molecular formula is C17H16F3N3O2. The van der Waals surface area contributed by atoms with Crippen molar-refractivity contribution in [2.24, 2.45) is 0 Å². The summed E-state index contributed by atoms with van der Waals surface area (Å²) in [6.45, 7) is 2.68. The second kappa shape index (κ2) is 6.70. The summed E-state index contributed by atoms with van der Waals surface area (Å²) in [4.78, 5) is 21.5. The van der Waals surface area contributed by atoms with E-state index in [4.69, 9.17) is 4.74 Å². The monoisotopic (exact) mass is 351 g/mol. The van der Waals surface area contributed by atoms with Gasteiger partial charge >= 0.3 is 6.18 Å². The minimum atomic E-state index is -4.52. The van der Waals surface area contributed by atoms with Gasteiger partial charge in [0.2, 0.25) is 5.88 Å². The Balaban J connectivity index is 1.62. The first kappa shape index (κ1) is 17.2. The number of amides is 1. The van der Waals surface area contributed by atoms with Crippen molar-refractivity contribution >= 4 is 5.91 Å². The average Bonchev–Trinajstić information content (AvgIpc) is 3.02. The van der Waals surface area contributed by atoms with Crippen molar-refractivity contribution in [3.05, 3.63) is 53.5 Å². The molecule has 0 aromatic carbocycles. The summed E-state index contributed by atoms with van der Waals surface area (Å²) < 4.78 is 43.4. The normalized spacial score (nSPS) is 17.6. The summed E-state index contributed by atoms with van der Waals surface area (Å²) in [5.74, 6) is 0.139. The van der Waals surface area contributed by atoms with Crippen LogP contribution in [0.3, 0.4) is 0 Å². The molecule has 5 nitrogen and oxygen atoms in total. The molecule has 0 aliphatic carbocycles. The van der Waals surface area contributed by atoms with Gasteiger partial charge in [0.25, 0.3) is 5.91 Å². The largest absolute Gasteiger partial charge is 0.472 e. The molecule has 132 valence electrons. The van der Waals surface area contributed by atoms with Gasteiger partial charge < -0.3 is 9.64 Å². The van der Waals surface area contributed by atoms with E-state index in [1.54, 1.807) is 11.0 Å². The maximum atomic E-state index is 12.5. The van der Waals surface area contributed by atoms with Gasteiger partial charge in [-0.25, -0.2) is 4.98 Å². The maximum Gasteiger partial charge on any atom is 0.433 e. The number of alkyl halides is 3. The summed E-state index contributed by atoms with van der Waals surface area (Å²) in [6.07, 6.45) is -3.12. The first-order valence-electron chi connectivity index (χ1n) is 7.76. The lowest BCUT2D eigenvalue weighted by Crippen LogP contribution is -2.31. The Kier molecular flexibility index (Phi) is 4.61. The lowest BCUT2D eigenvalue weighted by Gasteiger charge is -2.17. The van der Waals surface area contributed by atoms with Crippen LogP contribution in [0.5, 0.6) is 5.88 Å². The Morgan fingerprint density at radius 1 is 1.28 bits per heavy atom. The molecule has 8 heteroatoms. The van der Waals surface area contributed by atoms with E-state index in [-0.39, 0.29) is 17.6 Å². The molecule has 0 radical (unpaired) electrons. The van der Waals surface area contributed by atoms with Crippen LogP contribution in [0.25, 0.3) is 0 Å². The first-order valence-corrected chi connectivity index (χ1v) is 7.76. The molecule has 1 unspecified atom stereocenters. The van der Waals surface area contributed by atoms with Crippen LogP contribution in [0.1, 0.15) is 28.2 Å². The molecule has 3 heterocycles. The first-order chi connectivity index (χ1) is 11.8. The summed E-state index contributed by atoms with van der Waals surface area (Å²) in [5.41, 5.74) is -0.0567. The fourth-order valence-corrected chi connectivity index (χ4v) is 2.63. The van der Waals surface area contributed by atoms with Crippen LogP contribution in [0, 0.1) is 6.92 Å². The quantitative estimate of drug-likeness (QED) is 0.853. The molecule has 0 spiro atoms. The third-order valence-electron chi connectivity index (χ3n) is 3.88. The molecule has 1 saturated heterocycles. The van der Waals surface area contributed by atoms with Crippen molar-refractivity contribution in [2.75, 3.05) is 13.1 Å². The highest BCUT2D eigenvalue weighted by atomic mass is 19.4. The SMILES string of the molecule is Cc1cccc(OC2CCN(C(=O)c3ccc(C(F)(F)F)nc3)C2)n1. The summed E-state index contributed by atoms with van der Waals surface area (Å²) >= 11 is 0. The highest BCUT2D eigenvalue weighted by Gasteiger charge is 2.33. The highest BCUT2D eigenvalue weighted by Crippen LogP contribution is 2.27. The van der Waals surface area contributed by atoms with E-state index < -0.39 is 11.9 Å². The van der Waals surface area contributed by atoms with Gasteiger partial charge in [-0.15, -0.1) is 0 Å². The maximum absolute atomic E-state index is 12.5. The Bertz CT molecular complexity index is 762. The van der Waals surface area contributed by atoms with Crippen molar-refractivity contribution in [1.82, 2.24) is 14.9 Å². The van der Waals surface area contributed by atoms with Gasteiger partial charge in [-0.2, -0.15) is 13.2 Å². The molecule has 0 bridgehead atoms. The minimum absolute atomic E-state index is 0.127. The minimum Gasteiger partial charge on any atom is -0.472 e. The van der Waals surface area contributed by atoms with Gasteiger partial charge in [0.15, 0.2) is 0 Å². The number of aromatic nitrogens is 2. The predicted octanol–water partition coefficient (Wildman–Crippen LogP) is 3.10. The summed E-state index contributed by atoms with van der Waals surface area (Å²) in [6, 6.07) is 7.40. The molecule has 3 rings (SSSR count). The third-order valence-corrected chi connectivity index (χ3v) is 3.88. The van der Waals surface area contributed by atoms with Crippen LogP contribution in [-0.4, -0.2) is 40.0 Å². The molecule has 1 fully saturated rings. The molecule has 0 saturated carbocycles. The lowest BCUT2D eigenvalue weighted by molar-refractivity contribution is -0.141. The zero-order chi connectivity index (χ0) is 18.0. The molecule has 2 aromatic rings. The number of likely N-dealkylation sites (tertiary alicyclic amines) is 1. The van der Waals surface area contributed by atoms with Crippen molar-refractivity contribution in [2.45, 2.75) is 25.6 Å². The zero-order valence-corrected chi connectivity index (χ0v) is 13.5. The van der Waals surface area contributed by atoms with Gasteiger partial charge in [0, 0.05) is 30.9 Å². The van der Waals surface area contributed by atoms with E-state index in [1.807, 2.05) is 19.1 Å². The van der Waals surface area contributed by atoms with Gasteiger partial charge in [0.1, 0.15) is 11.8 Å². The number of nitrogens with zero attached hydrogens (tertiary/aromatic N) is 3. The van der Waals surface area contributed by atoms with Crippen LogP contribution in [0.15, 0.2) is 36.5 Å². The Morgan fingerprint density at radius 3 is 2.72 bits per heavy atom. The van der Waals surface area contributed by atoms with Crippen LogP contribution >= 0.6 is 0 Å². The smallest absolute Gasteiger partial charge is 0.433 e. The number of carbonyl (C=O) groups is 1. The second-order valence-corrected chi connectivity index (χ2v) is 5.83. The zero-order valence-electron chi connectivity index (χ0n) is 13.5. The van der Waals surface area contributed by atoms with E-state index in [1.165, 1.54) is 0 Å². The number of carbonyl (C=O) groups excluding carboxylic acids is 1. The standard InChI is InChI=1S/C17H16F3N3O2/c1-11-3-2-4-15(22-11)25-13-7-8-23(10-13)16(24)12-5-6-14(21-9-12)17(18,19)20/h2-6,9,13H,7-8,10H2,1H3. The average molecular weight is 351 g/mol. The van der Waals surface area contributed by atoms with E-state index in [0.717, 1.165) is 24.0 Å². The van der Waals surface area contributed by atoms with Crippen molar-refractivity contribution in [3.63, 3.8) is 0 Å². The lowest BCUT2D eigenvalue weighted by atomic mass is 10.2. The topological polar surface area (TPSA) is 55.3 Å². The molecular weight excluding hydrogens is 335 g/mol. The number of ether oxygens (including phenoxy) is 1. The van der Waals surface area contributed by atoms with Crippen LogP contribution in [0.4, 0.5) is 13.2 Å². The Morgan fingerprint density at radius 2 is 2.08 bits per heavy atom. The molecule has 0 N–H and O–H groups in total. The van der Waals surface area contributed by atoms with E-state index in [9.17, 15) is 18.0 Å². The van der Waals surface area contributed by atoms with E-state index >= 15 is 0 Å². The number of rotatable bonds is 3. The molecule has 1 aliphatic heterocycles. The number of halogens is 3. The van der Waals surface area contributed by atoms with Crippen LogP contribution in [-0.2, 0) is 6.18 Å².